The number of rotatable bonds is 3. The summed E-state index contributed by atoms with van der Waals surface area (Å²) in [5.74, 6) is -1.03. The number of hydrogen-bond acceptors (Lipinski definition) is 2. The summed E-state index contributed by atoms with van der Waals surface area (Å²) >= 11 is 6.37. The standard InChI is InChI=1S/C11H7ClF2N2S/c12-8-2-4-9(5-3-8)17-11(14)10(13)16-7-1-6-15-16/h1-7H/b11-10+. The average molecular weight is 273 g/mol. The van der Waals surface area contributed by atoms with Gasteiger partial charge in [0.05, 0.1) is 0 Å². The predicted molar refractivity (Wildman–Crippen MR) is 65.0 cm³/mol. The van der Waals surface area contributed by atoms with Gasteiger partial charge in [0.2, 0.25) is 5.16 Å². The third-order valence-electron chi connectivity index (χ3n) is 1.89. The Balaban J connectivity index is 2.18. The molecule has 0 spiro atoms. The molecule has 0 N–H and O–H groups in total. The Morgan fingerprint density at radius 2 is 1.94 bits per heavy atom. The van der Waals surface area contributed by atoms with Crippen LogP contribution in [-0.4, -0.2) is 9.78 Å². The summed E-state index contributed by atoms with van der Waals surface area (Å²) < 4.78 is 27.8. The lowest BCUT2D eigenvalue weighted by Crippen LogP contribution is -1.93. The van der Waals surface area contributed by atoms with Crippen molar-refractivity contribution in [3.63, 3.8) is 0 Å². The summed E-state index contributed by atoms with van der Waals surface area (Å²) in [4.78, 5) is 0.564. The maximum Gasteiger partial charge on any atom is 0.257 e. The monoisotopic (exact) mass is 272 g/mol. The van der Waals surface area contributed by atoms with Crippen molar-refractivity contribution >= 4 is 29.3 Å². The second-order valence-corrected chi connectivity index (χ2v) is 4.54. The van der Waals surface area contributed by atoms with Gasteiger partial charge in [0.25, 0.3) is 5.95 Å². The zero-order valence-corrected chi connectivity index (χ0v) is 10.1. The normalized spacial score (nSPS) is 12.4. The molecule has 0 saturated carbocycles. The Morgan fingerprint density at radius 1 is 1.24 bits per heavy atom. The summed E-state index contributed by atoms with van der Waals surface area (Å²) in [6.07, 6.45) is 2.71. The van der Waals surface area contributed by atoms with E-state index >= 15 is 0 Å². The lowest BCUT2D eigenvalue weighted by molar-refractivity contribution is 0.595. The van der Waals surface area contributed by atoms with E-state index in [0.717, 1.165) is 4.68 Å². The van der Waals surface area contributed by atoms with E-state index in [0.29, 0.717) is 21.7 Å². The number of thioether (sulfide) groups is 1. The molecule has 2 rings (SSSR count). The van der Waals surface area contributed by atoms with E-state index in [9.17, 15) is 8.78 Å². The predicted octanol–water partition coefficient (Wildman–Crippen LogP) is 4.35. The van der Waals surface area contributed by atoms with Crippen molar-refractivity contribution < 1.29 is 8.78 Å². The van der Waals surface area contributed by atoms with E-state index in [1.165, 1.54) is 18.5 Å². The van der Waals surface area contributed by atoms with Gasteiger partial charge in [0, 0.05) is 22.3 Å². The van der Waals surface area contributed by atoms with Crippen LogP contribution < -0.4 is 0 Å². The molecule has 0 aliphatic heterocycles. The Kier molecular flexibility index (Phi) is 3.81. The van der Waals surface area contributed by atoms with Gasteiger partial charge >= 0.3 is 0 Å². The molecule has 0 aliphatic carbocycles. The number of aromatic nitrogens is 2. The molecule has 1 aromatic carbocycles. The first-order valence-corrected chi connectivity index (χ1v) is 5.85. The first kappa shape index (κ1) is 12.1. The zero-order valence-electron chi connectivity index (χ0n) is 8.48. The minimum atomic E-state index is -1.03. The van der Waals surface area contributed by atoms with Crippen LogP contribution in [0.1, 0.15) is 0 Å². The molecule has 2 aromatic rings. The van der Waals surface area contributed by atoms with Crippen LogP contribution in [0.4, 0.5) is 8.78 Å². The lowest BCUT2D eigenvalue weighted by atomic mass is 10.4. The van der Waals surface area contributed by atoms with Crippen molar-refractivity contribution in [3.8, 4) is 0 Å². The molecule has 1 aromatic heterocycles. The van der Waals surface area contributed by atoms with Gasteiger partial charge in [-0.15, -0.1) is 0 Å². The van der Waals surface area contributed by atoms with Gasteiger partial charge < -0.3 is 0 Å². The summed E-state index contributed by atoms with van der Waals surface area (Å²) in [6.45, 7) is 0. The second kappa shape index (κ2) is 5.33. The summed E-state index contributed by atoms with van der Waals surface area (Å²) in [5, 5.41) is 3.20. The third kappa shape index (κ3) is 3.08. The van der Waals surface area contributed by atoms with Crippen LogP contribution in [0.3, 0.4) is 0 Å². The quantitative estimate of drug-likeness (QED) is 0.773. The van der Waals surface area contributed by atoms with E-state index in [-0.39, 0.29) is 0 Å². The van der Waals surface area contributed by atoms with Crippen molar-refractivity contribution in [2.75, 3.05) is 0 Å². The molecule has 88 valence electrons. The van der Waals surface area contributed by atoms with Crippen LogP contribution >= 0.6 is 23.4 Å². The molecule has 0 aliphatic rings. The van der Waals surface area contributed by atoms with Crippen LogP contribution in [0.5, 0.6) is 0 Å². The van der Waals surface area contributed by atoms with Gasteiger partial charge in [0.1, 0.15) is 0 Å². The Morgan fingerprint density at radius 3 is 2.53 bits per heavy atom. The van der Waals surface area contributed by atoms with Gasteiger partial charge in [-0.25, -0.2) is 4.68 Å². The number of benzene rings is 1. The lowest BCUT2D eigenvalue weighted by Gasteiger charge is -2.01. The number of nitrogens with zero attached hydrogens (tertiary/aromatic N) is 2. The minimum absolute atomic E-state index is 0.547. The molecule has 0 unspecified atom stereocenters. The first-order valence-electron chi connectivity index (χ1n) is 4.65. The van der Waals surface area contributed by atoms with Crippen LogP contribution in [0.25, 0.3) is 5.95 Å². The highest BCUT2D eigenvalue weighted by Gasteiger charge is 2.10. The van der Waals surface area contributed by atoms with Gasteiger partial charge in [0.15, 0.2) is 0 Å². The van der Waals surface area contributed by atoms with Crippen LogP contribution in [-0.2, 0) is 0 Å². The molecule has 0 amide bonds. The van der Waals surface area contributed by atoms with E-state index in [2.05, 4.69) is 5.10 Å². The Bertz CT molecular complexity index is 523. The maximum atomic E-state index is 13.5. The van der Waals surface area contributed by atoms with E-state index in [4.69, 9.17) is 11.6 Å². The molecule has 17 heavy (non-hydrogen) atoms. The minimum Gasteiger partial charge on any atom is -0.211 e. The van der Waals surface area contributed by atoms with E-state index in [1.807, 2.05) is 0 Å². The number of hydrogen-bond donors (Lipinski definition) is 0. The average Bonchev–Trinajstić information content (AvgIpc) is 2.84. The molecular weight excluding hydrogens is 266 g/mol. The fourth-order valence-electron chi connectivity index (χ4n) is 1.12. The fraction of sp³-hybridized carbons (Fsp3) is 0. The smallest absolute Gasteiger partial charge is 0.211 e. The van der Waals surface area contributed by atoms with Gasteiger partial charge in [-0.3, -0.25) is 0 Å². The van der Waals surface area contributed by atoms with E-state index < -0.39 is 11.1 Å². The van der Waals surface area contributed by atoms with Crippen LogP contribution in [0.15, 0.2) is 52.8 Å². The molecule has 0 saturated heterocycles. The van der Waals surface area contributed by atoms with Crippen molar-refractivity contribution in [3.05, 3.63) is 52.9 Å². The van der Waals surface area contributed by atoms with Crippen molar-refractivity contribution in [2.24, 2.45) is 0 Å². The zero-order chi connectivity index (χ0) is 12.3. The molecule has 0 fully saturated rings. The van der Waals surface area contributed by atoms with Crippen LogP contribution in [0.2, 0.25) is 5.02 Å². The highest BCUT2D eigenvalue weighted by Crippen LogP contribution is 2.32. The Hall–Kier alpha value is -1.33. The largest absolute Gasteiger partial charge is 0.257 e. The number of halogens is 3. The van der Waals surface area contributed by atoms with Gasteiger partial charge in [-0.1, -0.05) is 23.4 Å². The van der Waals surface area contributed by atoms with Gasteiger partial charge in [-0.05, 0) is 30.3 Å². The molecular formula is C11H7ClF2N2S. The second-order valence-electron chi connectivity index (χ2n) is 3.07. The highest BCUT2D eigenvalue weighted by atomic mass is 35.5. The van der Waals surface area contributed by atoms with Crippen molar-refractivity contribution in [1.82, 2.24) is 9.78 Å². The van der Waals surface area contributed by atoms with E-state index in [1.54, 1.807) is 24.3 Å². The molecule has 6 heteroatoms. The SMILES string of the molecule is F/C(Sc1ccc(Cl)cc1)=C(/F)n1cccn1. The van der Waals surface area contributed by atoms with Gasteiger partial charge in [-0.2, -0.15) is 13.9 Å². The topological polar surface area (TPSA) is 17.8 Å². The molecule has 2 nitrogen and oxygen atoms in total. The summed E-state index contributed by atoms with van der Waals surface area (Å²) in [7, 11) is 0. The molecule has 1 heterocycles. The van der Waals surface area contributed by atoms with Crippen molar-refractivity contribution in [1.29, 1.82) is 0 Å². The maximum absolute atomic E-state index is 13.5. The summed E-state index contributed by atoms with van der Waals surface area (Å²) in [5.41, 5.74) is 0. The molecule has 0 atom stereocenters. The highest BCUT2D eigenvalue weighted by molar-refractivity contribution is 8.03. The first-order chi connectivity index (χ1) is 8.16. The molecule has 0 bridgehead atoms. The van der Waals surface area contributed by atoms with Crippen molar-refractivity contribution in [2.45, 2.75) is 4.90 Å². The third-order valence-corrected chi connectivity index (χ3v) is 3.00. The summed E-state index contributed by atoms with van der Waals surface area (Å²) in [6, 6.07) is 7.97. The fourth-order valence-corrected chi connectivity index (χ4v) is 1.91. The molecule has 0 radical (unpaired) electrons. The Labute approximate surface area is 106 Å². The van der Waals surface area contributed by atoms with Crippen LogP contribution in [0, 0.1) is 0 Å².